The fourth-order valence-corrected chi connectivity index (χ4v) is 2.93. The molecule has 1 aliphatic heterocycles. The van der Waals surface area contributed by atoms with Gasteiger partial charge in [0.05, 0.1) is 12.0 Å². The van der Waals surface area contributed by atoms with E-state index in [0.29, 0.717) is 23.3 Å². The van der Waals surface area contributed by atoms with E-state index >= 15 is 0 Å². The third-order valence-corrected chi connectivity index (χ3v) is 4.01. The van der Waals surface area contributed by atoms with Crippen LogP contribution in [-0.4, -0.2) is 19.3 Å². The first kappa shape index (κ1) is 13.3. The summed E-state index contributed by atoms with van der Waals surface area (Å²) in [6, 6.07) is 13.2. The lowest BCUT2D eigenvalue weighted by atomic mass is 10.1. The van der Waals surface area contributed by atoms with Crippen LogP contribution in [0.1, 0.15) is 12.8 Å². The molecule has 4 rings (SSSR count). The summed E-state index contributed by atoms with van der Waals surface area (Å²) in [5.74, 6) is 0.686. The highest BCUT2D eigenvalue weighted by Crippen LogP contribution is 2.27. The molecule has 112 valence electrons. The first-order valence-corrected chi connectivity index (χ1v) is 7.51. The van der Waals surface area contributed by atoms with Crippen molar-refractivity contribution in [3.8, 4) is 5.75 Å². The van der Waals surface area contributed by atoms with Gasteiger partial charge in [-0.1, -0.05) is 18.2 Å². The maximum Gasteiger partial charge on any atom is 0.344 e. The summed E-state index contributed by atoms with van der Waals surface area (Å²) in [5, 5.41) is 2.37. The average molecular weight is 296 g/mol. The van der Waals surface area contributed by atoms with Crippen molar-refractivity contribution >= 4 is 21.7 Å². The van der Waals surface area contributed by atoms with Gasteiger partial charge in [0, 0.05) is 17.4 Å². The van der Waals surface area contributed by atoms with Crippen molar-refractivity contribution < 1.29 is 13.9 Å². The van der Waals surface area contributed by atoms with E-state index in [4.69, 9.17) is 13.9 Å². The minimum atomic E-state index is -0.334. The summed E-state index contributed by atoms with van der Waals surface area (Å²) in [6.45, 7) is 1.40. The van der Waals surface area contributed by atoms with E-state index in [1.54, 1.807) is 12.1 Å². The van der Waals surface area contributed by atoms with Gasteiger partial charge in [-0.05, 0) is 37.1 Å². The highest BCUT2D eigenvalue weighted by Gasteiger charge is 2.16. The minimum Gasteiger partial charge on any atom is -0.488 e. The van der Waals surface area contributed by atoms with Crippen LogP contribution in [0.4, 0.5) is 0 Å². The molecule has 0 radical (unpaired) electrons. The summed E-state index contributed by atoms with van der Waals surface area (Å²) < 4.78 is 16.7. The van der Waals surface area contributed by atoms with Crippen LogP contribution in [0.5, 0.6) is 5.75 Å². The summed E-state index contributed by atoms with van der Waals surface area (Å²) in [5.41, 5.74) is 0.272. The maximum absolute atomic E-state index is 12.2. The van der Waals surface area contributed by atoms with Crippen LogP contribution in [0.25, 0.3) is 21.7 Å². The van der Waals surface area contributed by atoms with E-state index in [1.165, 1.54) is 0 Å². The molecule has 1 atom stereocenters. The first-order chi connectivity index (χ1) is 10.8. The van der Waals surface area contributed by atoms with Gasteiger partial charge in [0.2, 0.25) is 0 Å². The molecule has 4 heteroatoms. The predicted octanol–water partition coefficient (Wildman–Crippen LogP) is 3.50. The molecule has 0 N–H and O–H groups in total. The van der Waals surface area contributed by atoms with Crippen LogP contribution >= 0.6 is 0 Å². The normalized spacial score (nSPS) is 18.6. The van der Waals surface area contributed by atoms with Gasteiger partial charge in [-0.25, -0.2) is 4.79 Å². The highest BCUT2D eigenvalue weighted by molar-refractivity contribution is 6.04. The number of fused-ring (bicyclic) bond motifs is 3. The van der Waals surface area contributed by atoms with Gasteiger partial charge in [0.1, 0.15) is 17.4 Å². The monoisotopic (exact) mass is 296 g/mol. The van der Waals surface area contributed by atoms with Crippen molar-refractivity contribution in [2.75, 3.05) is 13.2 Å². The molecule has 0 aliphatic carbocycles. The maximum atomic E-state index is 12.2. The Balaban J connectivity index is 1.78. The molecule has 0 spiro atoms. The number of rotatable bonds is 2. The van der Waals surface area contributed by atoms with Crippen LogP contribution in [-0.2, 0) is 4.74 Å². The predicted molar refractivity (Wildman–Crippen MR) is 84.5 cm³/mol. The van der Waals surface area contributed by atoms with E-state index in [0.717, 1.165) is 30.2 Å². The Bertz CT molecular complexity index is 875. The quantitative estimate of drug-likeness (QED) is 0.536. The molecular formula is C18H16O4. The second kappa shape index (κ2) is 5.46. The van der Waals surface area contributed by atoms with Gasteiger partial charge in [-0.3, -0.25) is 0 Å². The zero-order valence-corrected chi connectivity index (χ0v) is 12.1. The molecule has 0 saturated carbocycles. The molecule has 1 unspecified atom stereocenters. The van der Waals surface area contributed by atoms with Crippen LogP contribution in [0.15, 0.2) is 51.7 Å². The Labute approximate surface area is 127 Å². The van der Waals surface area contributed by atoms with Gasteiger partial charge in [-0.15, -0.1) is 0 Å². The molecule has 22 heavy (non-hydrogen) atoms. The molecule has 1 saturated heterocycles. The topological polar surface area (TPSA) is 48.7 Å². The third-order valence-electron chi connectivity index (χ3n) is 4.01. The van der Waals surface area contributed by atoms with Crippen LogP contribution in [0.2, 0.25) is 0 Å². The fourth-order valence-electron chi connectivity index (χ4n) is 2.93. The first-order valence-electron chi connectivity index (χ1n) is 7.51. The number of hydrogen-bond acceptors (Lipinski definition) is 4. The molecular weight excluding hydrogens is 280 g/mol. The van der Waals surface area contributed by atoms with E-state index in [9.17, 15) is 4.79 Å². The smallest absolute Gasteiger partial charge is 0.344 e. The second-order valence-electron chi connectivity index (χ2n) is 5.55. The molecule has 4 nitrogen and oxygen atoms in total. The van der Waals surface area contributed by atoms with Crippen molar-refractivity contribution in [1.82, 2.24) is 0 Å². The van der Waals surface area contributed by atoms with Gasteiger partial charge in [0.15, 0.2) is 0 Å². The average Bonchev–Trinajstić information content (AvgIpc) is 2.56. The zero-order valence-electron chi connectivity index (χ0n) is 12.1. The van der Waals surface area contributed by atoms with Crippen molar-refractivity contribution in [2.24, 2.45) is 0 Å². The Hall–Kier alpha value is -2.33. The molecule has 1 aromatic heterocycles. The standard InChI is InChI=1S/C18H16O4/c19-18-16-10-12(21-13-4-3-9-20-11-13)7-8-14(16)15-5-1-2-6-17(15)22-18/h1-2,5-8,10,13H,3-4,9,11H2. The summed E-state index contributed by atoms with van der Waals surface area (Å²) in [7, 11) is 0. The molecule has 1 fully saturated rings. The van der Waals surface area contributed by atoms with Crippen molar-refractivity contribution in [1.29, 1.82) is 0 Å². The van der Waals surface area contributed by atoms with Crippen molar-refractivity contribution in [3.05, 3.63) is 52.9 Å². The molecule has 2 heterocycles. The highest BCUT2D eigenvalue weighted by atomic mass is 16.5. The summed E-state index contributed by atoms with van der Waals surface area (Å²) >= 11 is 0. The number of hydrogen-bond donors (Lipinski definition) is 0. The molecule has 0 amide bonds. The van der Waals surface area contributed by atoms with Gasteiger partial charge < -0.3 is 13.9 Å². The van der Waals surface area contributed by atoms with Crippen LogP contribution in [0, 0.1) is 0 Å². The number of benzene rings is 2. The van der Waals surface area contributed by atoms with E-state index in [2.05, 4.69) is 0 Å². The molecule has 0 bridgehead atoms. The Kier molecular flexibility index (Phi) is 3.31. The third kappa shape index (κ3) is 2.35. The van der Waals surface area contributed by atoms with E-state index < -0.39 is 0 Å². The minimum absolute atomic E-state index is 0.0543. The Morgan fingerprint density at radius 1 is 1.05 bits per heavy atom. The Morgan fingerprint density at radius 3 is 2.82 bits per heavy atom. The molecule has 3 aromatic rings. The lowest BCUT2D eigenvalue weighted by Crippen LogP contribution is -2.28. The van der Waals surface area contributed by atoms with E-state index in [1.807, 2.05) is 30.3 Å². The lowest BCUT2D eigenvalue weighted by Gasteiger charge is -2.23. The molecule has 2 aromatic carbocycles. The van der Waals surface area contributed by atoms with Crippen LogP contribution in [0.3, 0.4) is 0 Å². The van der Waals surface area contributed by atoms with Gasteiger partial charge in [-0.2, -0.15) is 0 Å². The Morgan fingerprint density at radius 2 is 1.95 bits per heavy atom. The zero-order chi connectivity index (χ0) is 14.9. The van der Waals surface area contributed by atoms with E-state index in [-0.39, 0.29) is 11.7 Å². The van der Waals surface area contributed by atoms with Crippen molar-refractivity contribution in [3.63, 3.8) is 0 Å². The largest absolute Gasteiger partial charge is 0.488 e. The summed E-state index contributed by atoms with van der Waals surface area (Å²) in [6.07, 6.45) is 2.04. The second-order valence-corrected chi connectivity index (χ2v) is 5.55. The van der Waals surface area contributed by atoms with Gasteiger partial charge in [0.25, 0.3) is 0 Å². The number of para-hydroxylation sites is 1. The van der Waals surface area contributed by atoms with Gasteiger partial charge >= 0.3 is 5.63 Å². The van der Waals surface area contributed by atoms with Crippen LogP contribution < -0.4 is 10.4 Å². The SMILES string of the molecule is O=c1oc2ccccc2c2ccc(OC3CCCOC3)cc12. The number of ether oxygens (including phenoxy) is 2. The van der Waals surface area contributed by atoms with Crippen molar-refractivity contribution in [2.45, 2.75) is 18.9 Å². The summed E-state index contributed by atoms with van der Waals surface area (Å²) in [4.78, 5) is 12.2. The fraction of sp³-hybridized carbons (Fsp3) is 0.278. The molecule has 1 aliphatic rings. The lowest BCUT2D eigenvalue weighted by molar-refractivity contribution is 0.00748.